The number of nitrogens with two attached hydrogens (primary N) is 1. The number of nitrogens with zero attached hydrogens (tertiary/aromatic N) is 1. The Bertz CT molecular complexity index is 439. The quantitative estimate of drug-likeness (QED) is 0.909. The van der Waals surface area contributed by atoms with Gasteiger partial charge in [-0.2, -0.15) is 0 Å². The van der Waals surface area contributed by atoms with Crippen LogP contribution in [0.5, 0.6) is 0 Å². The van der Waals surface area contributed by atoms with Crippen LogP contribution >= 0.6 is 0 Å². The minimum atomic E-state index is 0.190. The first-order valence-electron chi connectivity index (χ1n) is 8.77. The topological polar surface area (TPSA) is 29.3 Å². The van der Waals surface area contributed by atoms with Gasteiger partial charge in [-0.1, -0.05) is 49.1 Å². The Hall–Kier alpha value is -0.860. The number of likely N-dealkylation sites (tertiary alicyclic amines) is 1. The minimum Gasteiger partial charge on any atom is -0.324 e. The van der Waals surface area contributed by atoms with Crippen LogP contribution in [0.15, 0.2) is 24.3 Å². The Morgan fingerprint density at radius 2 is 1.81 bits per heavy atom. The van der Waals surface area contributed by atoms with Gasteiger partial charge in [0.25, 0.3) is 0 Å². The van der Waals surface area contributed by atoms with E-state index in [2.05, 4.69) is 36.1 Å². The number of aryl methyl sites for hydroxylation is 1. The average molecular weight is 286 g/mol. The summed E-state index contributed by atoms with van der Waals surface area (Å²) in [4.78, 5) is 2.67. The maximum atomic E-state index is 6.37. The van der Waals surface area contributed by atoms with Crippen LogP contribution in [0.4, 0.5) is 0 Å². The fraction of sp³-hybridized carbons (Fsp3) is 0.684. The molecule has 2 heteroatoms. The van der Waals surface area contributed by atoms with Crippen molar-refractivity contribution in [2.75, 3.05) is 19.6 Å². The van der Waals surface area contributed by atoms with E-state index in [1.807, 2.05) is 0 Å². The highest BCUT2D eigenvalue weighted by atomic mass is 15.1. The predicted molar refractivity (Wildman–Crippen MR) is 89.2 cm³/mol. The number of hydrogen-bond donors (Lipinski definition) is 1. The van der Waals surface area contributed by atoms with Crippen LogP contribution in [0.3, 0.4) is 0 Å². The lowest BCUT2D eigenvalue weighted by Gasteiger charge is -2.41. The van der Waals surface area contributed by atoms with Crippen molar-refractivity contribution in [3.8, 4) is 0 Å². The van der Waals surface area contributed by atoms with E-state index in [0.29, 0.717) is 0 Å². The molecule has 116 valence electrons. The summed E-state index contributed by atoms with van der Waals surface area (Å²) in [5.41, 5.74) is 8.96. The molecule has 2 N–H and O–H groups in total. The zero-order valence-corrected chi connectivity index (χ0v) is 13.4. The Balaban J connectivity index is 1.47. The van der Waals surface area contributed by atoms with E-state index in [0.717, 1.165) is 24.8 Å². The van der Waals surface area contributed by atoms with E-state index in [1.165, 1.54) is 56.3 Å². The number of fused-ring (bicyclic) bond motifs is 1. The van der Waals surface area contributed by atoms with Crippen molar-refractivity contribution in [3.05, 3.63) is 35.4 Å². The fourth-order valence-corrected chi connectivity index (χ4v) is 4.18. The zero-order chi connectivity index (χ0) is 14.7. The van der Waals surface area contributed by atoms with Gasteiger partial charge in [-0.05, 0) is 56.7 Å². The van der Waals surface area contributed by atoms with Crippen molar-refractivity contribution in [1.82, 2.24) is 4.90 Å². The summed E-state index contributed by atoms with van der Waals surface area (Å²) in [6.07, 6.45) is 8.38. The first-order chi connectivity index (χ1) is 10.2. The van der Waals surface area contributed by atoms with Crippen molar-refractivity contribution < 1.29 is 0 Å². The monoisotopic (exact) mass is 286 g/mol. The first-order valence-corrected chi connectivity index (χ1v) is 8.77. The zero-order valence-electron chi connectivity index (χ0n) is 13.4. The Labute approximate surface area is 129 Å². The SMILES string of the molecule is Cc1ccc(C(N)CCN2CCC3CCCCC3C2)cc1. The number of benzene rings is 1. The summed E-state index contributed by atoms with van der Waals surface area (Å²) in [6, 6.07) is 8.90. The first kappa shape index (κ1) is 15.1. The number of hydrogen-bond acceptors (Lipinski definition) is 2. The van der Waals surface area contributed by atoms with E-state index < -0.39 is 0 Å². The van der Waals surface area contributed by atoms with Crippen molar-refractivity contribution in [3.63, 3.8) is 0 Å². The molecule has 3 unspecified atom stereocenters. The van der Waals surface area contributed by atoms with Crippen LogP contribution in [-0.4, -0.2) is 24.5 Å². The summed E-state index contributed by atoms with van der Waals surface area (Å²) >= 11 is 0. The molecule has 0 spiro atoms. The van der Waals surface area contributed by atoms with Gasteiger partial charge in [0, 0.05) is 12.6 Å². The molecule has 1 aromatic carbocycles. The van der Waals surface area contributed by atoms with Gasteiger partial charge in [0.2, 0.25) is 0 Å². The molecule has 3 rings (SSSR count). The highest BCUT2D eigenvalue weighted by molar-refractivity contribution is 5.23. The maximum Gasteiger partial charge on any atom is 0.0307 e. The van der Waals surface area contributed by atoms with Crippen LogP contribution in [0.2, 0.25) is 0 Å². The average Bonchev–Trinajstić information content (AvgIpc) is 2.53. The van der Waals surface area contributed by atoms with Crippen molar-refractivity contribution >= 4 is 0 Å². The van der Waals surface area contributed by atoms with Gasteiger partial charge in [-0.3, -0.25) is 0 Å². The summed E-state index contributed by atoms with van der Waals surface area (Å²) in [5, 5.41) is 0. The second-order valence-electron chi connectivity index (χ2n) is 7.20. The van der Waals surface area contributed by atoms with Crippen molar-refractivity contribution in [1.29, 1.82) is 0 Å². The van der Waals surface area contributed by atoms with Crippen LogP contribution in [-0.2, 0) is 0 Å². The highest BCUT2D eigenvalue weighted by Gasteiger charge is 2.30. The van der Waals surface area contributed by atoms with Crippen molar-refractivity contribution in [2.45, 2.75) is 51.5 Å². The molecule has 0 bridgehead atoms. The molecular weight excluding hydrogens is 256 g/mol. The molecule has 1 aliphatic heterocycles. The normalized spacial score (nSPS) is 28.1. The van der Waals surface area contributed by atoms with Gasteiger partial charge >= 0.3 is 0 Å². The highest BCUT2D eigenvalue weighted by Crippen LogP contribution is 2.36. The second kappa shape index (κ2) is 6.93. The molecule has 1 aromatic rings. The summed E-state index contributed by atoms with van der Waals surface area (Å²) in [7, 11) is 0. The lowest BCUT2D eigenvalue weighted by atomic mass is 9.75. The molecular formula is C19H30N2. The largest absolute Gasteiger partial charge is 0.324 e. The molecule has 1 saturated carbocycles. The Morgan fingerprint density at radius 3 is 2.57 bits per heavy atom. The van der Waals surface area contributed by atoms with E-state index in [-0.39, 0.29) is 6.04 Å². The van der Waals surface area contributed by atoms with E-state index in [9.17, 15) is 0 Å². The molecule has 0 radical (unpaired) electrons. The molecule has 2 aliphatic rings. The van der Waals surface area contributed by atoms with Gasteiger partial charge in [0.15, 0.2) is 0 Å². The number of rotatable bonds is 4. The summed E-state index contributed by atoms with van der Waals surface area (Å²) in [6.45, 7) is 5.91. The molecule has 2 nitrogen and oxygen atoms in total. The van der Waals surface area contributed by atoms with Gasteiger partial charge in [-0.25, -0.2) is 0 Å². The lowest BCUT2D eigenvalue weighted by Crippen LogP contribution is -2.42. The second-order valence-corrected chi connectivity index (χ2v) is 7.20. The molecule has 2 fully saturated rings. The fourth-order valence-electron chi connectivity index (χ4n) is 4.18. The smallest absolute Gasteiger partial charge is 0.0307 e. The maximum absolute atomic E-state index is 6.37. The van der Waals surface area contributed by atoms with Crippen LogP contribution < -0.4 is 5.73 Å². The van der Waals surface area contributed by atoms with Crippen LogP contribution in [0, 0.1) is 18.8 Å². The molecule has 1 heterocycles. The Morgan fingerprint density at radius 1 is 1.10 bits per heavy atom. The van der Waals surface area contributed by atoms with Gasteiger partial charge in [0.05, 0.1) is 0 Å². The van der Waals surface area contributed by atoms with Crippen molar-refractivity contribution in [2.24, 2.45) is 17.6 Å². The number of piperidine rings is 1. The molecule has 0 amide bonds. The molecule has 1 aliphatic carbocycles. The van der Waals surface area contributed by atoms with Crippen LogP contribution in [0.25, 0.3) is 0 Å². The van der Waals surface area contributed by atoms with E-state index >= 15 is 0 Å². The Kier molecular flexibility index (Phi) is 4.97. The third-order valence-corrected chi connectivity index (χ3v) is 5.64. The van der Waals surface area contributed by atoms with Gasteiger partial charge in [0.1, 0.15) is 0 Å². The van der Waals surface area contributed by atoms with E-state index in [4.69, 9.17) is 5.73 Å². The third kappa shape index (κ3) is 3.87. The summed E-state index contributed by atoms with van der Waals surface area (Å²) in [5.74, 6) is 2.00. The van der Waals surface area contributed by atoms with Crippen LogP contribution in [0.1, 0.15) is 55.7 Å². The predicted octanol–water partition coefficient (Wildman–Crippen LogP) is 3.90. The molecule has 3 atom stereocenters. The third-order valence-electron chi connectivity index (χ3n) is 5.64. The lowest BCUT2D eigenvalue weighted by molar-refractivity contribution is 0.0848. The molecule has 0 aromatic heterocycles. The molecule has 21 heavy (non-hydrogen) atoms. The standard InChI is InChI=1S/C19H30N2/c1-15-6-8-17(9-7-15)19(20)11-13-21-12-10-16-4-2-3-5-18(16)14-21/h6-9,16,18-19H,2-5,10-14,20H2,1H3. The van der Waals surface area contributed by atoms with Gasteiger partial charge < -0.3 is 10.6 Å². The molecule has 1 saturated heterocycles. The van der Waals surface area contributed by atoms with E-state index in [1.54, 1.807) is 0 Å². The minimum absolute atomic E-state index is 0.190. The van der Waals surface area contributed by atoms with Gasteiger partial charge in [-0.15, -0.1) is 0 Å². The summed E-state index contributed by atoms with van der Waals surface area (Å²) < 4.78 is 0.